The summed E-state index contributed by atoms with van der Waals surface area (Å²) in [6.07, 6.45) is 4.91. The van der Waals surface area contributed by atoms with Crippen LogP contribution in [0.5, 0.6) is 0 Å². The maximum absolute atomic E-state index is 5.68. The quantitative estimate of drug-likeness (QED) is 0.792. The van der Waals surface area contributed by atoms with Crippen molar-refractivity contribution < 1.29 is 4.74 Å². The maximum atomic E-state index is 5.68. The third-order valence-corrected chi connectivity index (χ3v) is 2.62. The number of hydrogen-bond donors (Lipinski definition) is 1. The molecule has 1 aromatic rings. The number of aryl methyl sites for hydroxylation is 1. The van der Waals surface area contributed by atoms with E-state index in [0.29, 0.717) is 18.0 Å². The van der Waals surface area contributed by atoms with E-state index in [1.807, 2.05) is 26.2 Å². The average molecular weight is 237 g/mol. The van der Waals surface area contributed by atoms with Crippen LogP contribution in [0, 0.1) is 12.8 Å². The molecule has 1 rings (SSSR count). The zero-order chi connectivity index (χ0) is 12.7. The Kier molecular flexibility index (Phi) is 5.91. The summed E-state index contributed by atoms with van der Waals surface area (Å²) in [5.41, 5.74) is 1.07. The van der Waals surface area contributed by atoms with Gasteiger partial charge >= 0.3 is 0 Å². The van der Waals surface area contributed by atoms with E-state index in [1.54, 1.807) is 0 Å². The normalized spacial score (nSPS) is 12.8. The molecule has 0 fully saturated rings. The van der Waals surface area contributed by atoms with Crippen molar-refractivity contribution in [1.29, 1.82) is 0 Å². The van der Waals surface area contributed by atoms with Gasteiger partial charge < -0.3 is 10.1 Å². The summed E-state index contributed by atoms with van der Waals surface area (Å²) in [6, 6.07) is 0. The molecule has 0 aliphatic rings. The summed E-state index contributed by atoms with van der Waals surface area (Å²) in [6.45, 7) is 9.99. The Morgan fingerprint density at radius 3 is 2.47 bits per heavy atom. The van der Waals surface area contributed by atoms with Crippen LogP contribution in [0.1, 0.15) is 32.8 Å². The van der Waals surface area contributed by atoms with Crippen molar-refractivity contribution in [3.63, 3.8) is 0 Å². The van der Waals surface area contributed by atoms with Crippen LogP contribution in [-0.2, 0) is 4.74 Å². The van der Waals surface area contributed by atoms with Crippen molar-refractivity contribution in [3.8, 4) is 0 Å². The van der Waals surface area contributed by atoms with Gasteiger partial charge in [-0.1, -0.05) is 13.8 Å². The lowest BCUT2D eigenvalue weighted by molar-refractivity contribution is 0.0272. The van der Waals surface area contributed by atoms with Crippen molar-refractivity contribution in [1.82, 2.24) is 9.97 Å². The standard InChI is InChI=1S/C13H23N3O/c1-5-17-12(10(2)3)6-7-14-13-15-8-11(4)9-16-13/h8-10,12H,5-7H2,1-4H3,(H,14,15,16). The fraction of sp³-hybridized carbons (Fsp3) is 0.692. The first-order valence-corrected chi connectivity index (χ1v) is 6.27. The predicted octanol–water partition coefficient (Wildman–Crippen LogP) is 2.65. The molecule has 0 spiro atoms. The molecule has 1 atom stereocenters. The summed E-state index contributed by atoms with van der Waals surface area (Å²) >= 11 is 0. The fourth-order valence-corrected chi connectivity index (χ4v) is 1.63. The van der Waals surface area contributed by atoms with Gasteiger partial charge in [0.25, 0.3) is 0 Å². The van der Waals surface area contributed by atoms with Gasteiger partial charge in [-0.25, -0.2) is 9.97 Å². The Hall–Kier alpha value is -1.16. The Morgan fingerprint density at radius 2 is 1.94 bits per heavy atom. The van der Waals surface area contributed by atoms with Gasteiger partial charge in [0.05, 0.1) is 6.10 Å². The van der Waals surface area contributed by atoms with Crippen LogP contribution in [0.2, 0.25) is 0 Å². The molecule has 1 unspecified atom stereocenters. The van der Waals surface area contributed by atoms with E-state index >= 15 is 0 Å². The first-order valence-electron chi connectivity index (χ1n) is 6.27. The van der Waals surface area contributed by atoms with E-state index < -0.39 is 0 Å². The molecule has 0 amide bonds. The van der Waals surface area contributed by atoms with E-state index in [0.717, 1.165) is 25.1 Å². The van der Waals surface area contributed by atoms with E-state index in [4.69, 9.17) is 4.74 Å². The number of rotatable bonds is 7. The number of nitrogens with zero attached hydrogens (tertiary/aromatic N) is 2. The van der Waals surface area contributed by atoms with Crippen LogP contribution in [-0.4, -0.2) is 29.2 Å². The molecule has 1 heterocycles. The third kappa shape index (κ3) is 5.13. The molecule has 4 nitrogen and oxygen atoms in total. The summed E-state index contributed by atoms with van der Waals surface area (Å²) in [4.78, 5) is 8.41. The van der Waals surface area contributed by atoms with Crippen molar-refractivity contribution in [2.75, 3.05) is 18.5 Å². The Bertz CT molecular complexity index is 311. The van der Waals surface area contributed by atoms with Crippen LogP contribution in [0.25, 0.3) is 0 Å². The largest absolute Gasteiger partial charge is 0.378 e. The van der Waals surface area contributed by atoms with Gasteiger partial charge in [0.15, 0.2) is 0 Å². The Morgan fingerprint density at radius 1 is 1.29 bits per heavy atom. The molecule has 17 heavy (non-hydrogen) atoms. The number of anilines is 1. The average Bonchev–Trinajstić information content (AvgIpc) is 2.30. The van der Waals surface area contributed by atoms with E-state index in [9.17, 15) is 0 Å². The van der Waals surface area contributed by atoms with E-state index in [1.165, 1.54) is 0 Å². The second-order valence-electron chi connectivity index (χ2n) is 4.54. The second kappa shape index (κ2) is 7.22. The smallest absolute Gasteiger partial charge is 0.222 e. The summed E-state index contributed by atoms with van der Waals surface area (Å²) in [7, 11) is 0. The van der Waals surface area contributed by atoms with Gasteiger partial charge in [-0.2, -0.15) is 0 Å². The topological polar surface area (TPSA) is 47.0 Å². The third-order valence-electron chi connectivity index (χ3n) is 2.62. The molecule has 0 saturated heterocycles. The zero-order valence-electron chi connectivity index (χ0n) is 11.2. The Balaban J connectivity index is 2.33. The molecule has 4 heteroatoms. The highest BCUT2D eigenvalue weighted by atomic mass is 16.5. The van der Waals surface area contributed by atoms with Crippen molar-refractivity contribution in [2.45, 2.75) is 40.2 Å². The fourth-order valence-electron chi connectivity index (χ4n) is 1.63. The first-order chi connectivity index (χ1) is 8.13. The van der Waals surface area contributed by atoms with Crippen molar-refractivity contribution in [3.05, 3.63) is 18.0 Å². The highest BCUT2D eigenvalue weighted by Crippen LogP contribution is 2.11. The molecule has 0 saturated carbocycles. The molecule has 0 radical (unpaired) electrons. The molecular formula is C13H23N3O. The van der Waals surface area contributed by atoms with Crippen molar-refractivity contribution in [2.24, 2.45) is 5.92 Å². The van der Waals surface area contributed by atoms with Crippen molar-refractivity contribution >= 4 is 5.95 Å². The van der Waals surface area contributed by atoms with Gasteiger partial charge in [-0.05, 0) is 31.7 Å². The zero-order valence-corrected chi connectivity index (χ0v) is 11.2. The maximum Gasteiger partial charge on any atom is 0.222 e. The minimum atomic E-state index is 0.304. The van der Waals surface area contributed by atoms with Crippen LogP contribution in [0.4, 0.5) is 5.95 Å². The molecule has 0 aromatic carbocycles. The highest BCUT2D eigenvalue weighted by Gasteiger charge is 2.12. The molecular weight excluding hydrogens is 214 g/mol. The predicted molar refractivity (Wildman–Crippen MR) is 70.1 cm³/mol. The summed E-state index contributed by atoms with van der Waals surface area (Å²) in [5, 5.41) is 3.21. The second-order valence-corrected chi connectivity index (χ2v) is 4.54. The molecule has 0 bridgehead atoms. The molecule has 0 aliphatic carbocycles. The molecule has 0 aliphatic heterocycles. The first kappa shape index (κ1) is 13.9. The molecule has 1 aromatic heterocycles. The van der Waals surface area contributed by atoms with Crippen LogP contribution < -0.4 is 5.32 Å². The monoisotopic (exact) mass is 237 g/mol. The highest BCUT2D eigenvalue weighted by molar-refractivity contribution is 5.23. The number of nitrogens with one attached hydrogen (secondary N) is 1. The lowest BCUT2D eigenvalue weighted by Gasteiger charge is -2.20. The minimum absolute atomic E-state index is 0.304. The van der Waals surface area contributed by atoms with Crippen LogP contribution >= 0.6 is 0 Å². The number of aromatic nitrogens is 2. The summed E-state index contributed by atoms with van der Waals surface area (Å²) < 4.78 is 5.68. The van der Waals surface area contributed by atoms with Gasteiger partial charge in [0, 0.05) is 25.5 Å². The lowest BCUT2D eigenvalue weighted by atomic mass is 10.0. The number of ether oxygens (including phenoxy) is 1. The van der Waals surface area contributed by atoms with E-state index in [-0.39, 0.29) is 0 Å². The molecule has 1 N–H and O–H groups in total. The van der Waals surface area contributed by atoms with Gasteiger partial charge in [0.2, 0.25) is 5.95 Å². The van der Waals surface area contributed by atoms with Gasteiger partial charge in [0.1, 0.15) is 0 Å². The molecule has 96 valence electrons. The lowest BCUT2D eigenvalue weighted by Crippen LogP contribution is -2.23. The van der Waals surface area contributed by atoms with E-state index in [2.05, 4.69) is 29.1 Å². The SMILES string of the molecule is CCOC(CCNc1ncc(C)cn1)C(C)C. The van der Waals surface area contributed by atoms with Gasteiger partial charge in [-0.3, -0.25) is 0 Å². The Labute approximate surface area is 104 Å². The van der Waals surface area contributed by atoms with Crippen LogP contribution in [0.3, 0.4) is 0 Å². The number of hydrogen-bond acceptors (Lipinski definition) is 4. The summed E-state index contributed by atoms with van der Waals surface area (Å²) in [5.74, 6) is 1.23. The van der Waals surface area contributed by atoms with Gasteiger partial charge in [-0.15, -0.1) is 0 Å². The van der Waals surface area contributed by atoms with Crippen LogP contribution in [0.15, 0.2) is 12.4 Å². The minimum Gasteiger partial charge on any atom is -0.378 e.